The molecule has 4 rings (SSSR count). The molecule has 0 atom stereocenters. The molecule has 0 saturated carbocycles. The highest BCUT2D eigenvalue weighted by Crippen LogP contribution is 2.32. The van der Waals surface area contributed by atoms with Crippen molar-refractivity contribution in [2.24, 2.45) is 5.92 Å². The first-order valence-corrected chi connectivity index (χ1v) is 12.2. The molecule has 9 heteroatoms. The van der Waals surface area contributed by atoms with Crippen LogP contribution in [0.1, 0.15) is 36.6 Å². The quantitative estimate of drug-likeness (QED) is 0.654. The molecule has 2 aliphatic rings. The summed E-state index contributed by atoms with van der Waals surface area (Å²) in [6, 6.07) is 7.06. The number of nitrogens with zero attached hydrogens (tertiary/aromatic N) is 4. The molecule has 1 fully saturated rings. The lowest BCUT2D eigenvalue weighted by Gasteiger charge is -2.35. The summed E-state index contributed by atoms with van der Waals surface area (Å²) in [6.07, 6.45) is 3.50. The third-order valence-electron chi connectivity index (χ3n) is 6.07. The van der Waals surface area contributed by atoms with Gasteiger partial charge in [-0.25, -0.2) is 18.4 Å². The van der Waals surface area contributed by atoms with E-state index in [2.05, 4.69) is 14.9 Å². The second kappa shape index (κ2) is 8.92. The first-order valence-electron chi connectivity index (χ1n) is 10.7. The Kier molecular flexibility index (Phi) is 6.24. The molecule has 2 aromatic rings. The molecule has 0 spiro atoms. The lowest BCUT2D eigenvalue weighted by molar-refractivity contribution is -0.148. The zero-order valence-corrected chi connectivity index (χ0v) is 18.8. The summed E-state index contributed by atoms with van der Waals surface area (Å²) < 4.78 is 33.3. The van der Waals surface area contributed by atoms with Gasteiger partial charge >= 0.3 is 5.97 Å². The van der Waals surface area contributed by atoms with Crippen LogP contribution in [-0.2, 0) is 32.5 Å². The number of hydrogen-bond acceptors (Lipinski definition) is 7. The highest BCUT2D eigenvalue weighted by atomic mass is 32.2. The number of fused-ring (bicyclic) bond motifs is 1. The molecule has 0 unspecified atom stereocenters. The Morgan fingerprint density at radius 2 is 1.90 bits per heavy atom. The van der Waals surface area contributed by atoms with Crippen molar-refractivity contribution < 1.29 is 17.9 Å². The molecule has 0 amide bonds. The predicted octanol–water partition coefficient (Wildman–Crippen LogP) is 2.31. The predicted molar refractivity (Wildman–Crippen MR) is 116 cm³/mol. The number of ether oxygens (including phenoxy) is 1. The van der Waals surface area contributed by atoms with Crippen molar-refractivity contribution in [2.75, 3.05) is 31.1 Å². The molecule has 0 aliphatic carbocycles. The molecule has 1 saturated heterocycles. The van der Waals surface area contributed by atoms with E-state index in [1.807, 2.05) is 26.0 Å². The molecule has 166 valence electrons. The fourth-order valence-electron chi connectivity index (χ4n) is 4.35. The third kappa shape index (κ3) is 4.29. The number of anilines is 1. The zero-order chi connectivity index (χ0) is 22.0. The van der Waals surface area contributed by atoms with Gasteiger partial charge in [0, 0.05) is 38.2 Å². The molecule has 1 aromatic carbocycles. The molecule has 0 radical (unpaired) electrons. The molecule has 8 nitrogen and oxygen atoms in total. The average molecular weight is 445 g/mol. The van der Waals surface area contributed by atoms with Gasteiger partial charge in [-0.2, -0.15) is 4.31 Å². The molecular weight excluding hydrogens is 416 g/mol. The van der Waals surface area contributed by atoms with Crippen molar-refractivity contribution in [1.29, 1.82) is 0 Å². The van der Waals surface area contributed by atoms with Gasteiger partial charge in [-0.1, -0.05) is 18.2 Å². The van der Waals surface area contributed by atoms with Crippen LogP contribution in [0.25, 0.3) is 0 Å². The van der Waals surface area contributed by atoms with Crippen LogP contribution >= 0.6 is 0 Å². The summed E-state index contributed by atoms with van der Waals surface area (Å²) in [5.41, 5.74) is 2.49. The Bertz CT molecular complexity index is 1060. The second-order valence-electron chi connectivity index (χ2n) is 7.99. The monoisotopic (exact) mass is 444 g/mol. The van der Waals surface area contributed by atoms with E-state index in [1.165, 1.54) is 4.31 Å². The third-order valence-corrected chi connectivity index (χ3v) is 8.08. The number of rotatable bonds is 5. The second-order valence-corrected chi connectivity index (χ2v) is 9.90. The van der Waals surface area contributed by atoms with Crippen molar-refractivity contribution in [3.8, 4) is 0 Å². The van der Waals surface area contributed by atoms with Crippen LogP contribution in [0.15, 0.2) is 35.5 Å². The lowest BCUT2D eigenvalue weighted by Crippen LogP contribution is -2.41. The summed E-state index contributed by atoms with van der Waals surface area (Å²) in [5.74, 6) is 0.547. The average Bonchev–Trinajstić information content (AvgIpc) is 2.79. The summed E-state index contributed by atoms with van der Waals surface area (Å²) in [6.45, 7) is 6.02. The topological polar surface area (TPSA) is 92.7 Å². The van der Waals surface area contributed by atoms with Crippen LogP contribution < -0.4 is 4.90 Å². The number of carbonyl (C=O) groups excluding carboxylic acids is 1. The summed E-state index contributed by atoms with van der Waals surface area (Å²) in [5, 5.41) is 0. The highest BCUT2D eigenvalue weighted by molar-refractivity contribution is 7.89. The van der Waals surface area contributed by atoms with Crippen LogP contribution in [0, 0.1) is 12.8 Å². The van der Waals surface area contributed by atoms with Gasteiger partial charge in [0.15, 0.2) is 0 Å². The number of piperidine rings is 1. The SMILES string of the molecule is CCOC(=O)C1CCN(c2ncnc3c2CN(S(=O)(=O)c2ccccc2C)CC3)CC1. The summed E-state index contributed by atoms with van der Waals surface area (Å²) in [7, 11) is -3.61. The molecular formula is C22H28N4O4S. The number of aromatic nitrogens is 2. The van der Waals surface area contributed by atoms with Gasteiger partial charge in [-0.3, -0.25) is 4.79 Å². The molecule has 31 heavy (non-hydrogen) atoms. The van der Waals surface area contributed by atoms with Crippen LogP contribution in [0.2, 0.25) is 0 Å². The molecule has 0 N–H and O–H groups in total. The lowest BCUT2D eigenvalue weighted by atomic mass is 9.96. The molecule has 1 aromatic heterocycles. The van der Waals surface area contributed by atoms with E-state index in [4.69, 9.17) is 4.74 Å². The Hall–Kier alpha value is -2.52. The Balaban J connectivity index is 1.55. The first kappa shape index (κ1) is 21.7. The van der Waals surface area contributed by atoms with E-state index >= 15 is 0 Å². The molecule has 2 aliphatic heterocycles. The van der Waals surface area contributed by atoms with Crippen molar-refractivity contribution in [1.82, 2.24) is 14.3 Å². The number of aryl methyl sites for hydroxylation is 1. The van der Waals surface area contributed by atoms with E-state index in [1.54, 1.807) is 18.5 Å². The molecule has 0 bridgehead atoms. The summed E-state index contributed by atoms with van der Waals surface area (Å²) >= 11 is 0. The zero-order valence-electron chi connectivity index (χ0n) is 18.0. The Labute approximate surface area is 183 Å². The largest absolute Gasteiger partial charge is 0.466 e. The van der Waals surface area contributed by atoms with Gasteiger partial charge < -0.3 is 9.64 Å². The first-order chi connectivity index (χ1) is 14.9. The number of esters is 1. The van der Waals surface area contributed by atoms with E-state index in [9.17, 15) is 13.2 Å². The fourth-order valence-corrected chi connectivity index (χ4v) is 5.99. The van der Waals surface area contributed by atoms with E-state index in [-0.39, 0.29) is 18.4 Å². The number of hydrogen-bond donors (Lipinski definition) is 0. The van der Waals surface area contributed by atoms with Crippen molar-refractivity contribution in [2.45, 2.75) is 44.6 Å². The standard InChI is InChI=1S/C22H28N4O4S/c1-3-30-22(27)17-8-11-25(12-9-17)21-18-14-26(13-10-19(18)23-15-24-21)31(28,29)20-7-5-4-6-16(20)2/h4-7,15,17H,3,8-14H2,1-2H3. The smallest absolute Gasteiger partial charge is 0.309 e. The summed E-state index contributed by atoms with van der Waals surface area (Å²) in [4.78, 5) is 23.5. The van der Waals surface area contributed by atoms with Crippen LogP contribution in [0.5, 0.6) is 0 Å². The minimum atomic E-state index is -3.61. The van der Waals surface area contributed by atoms with Crippen LogP contribution in [0.3, 0.4) is 0 Å². The van der Waals surface area contributed by atoms with Crippen LogP contribution in [-0.4, -0.2) is 54.9 Å². The normalized spacial score (nSPS) is 17.9. The maximum atomic E-state index is 13.3. The van der Waals surface area contributed by atoms with Crippen molar-refractivity contribution in [3.05, 3.63) is 47.4 Å². The van der Waals surface area contributed by atoms with Gasteiger partial charge in [0.1, 0.15) is 12.1 Å². The van der Waals surface area contributed by atoms with Crippen molar-refractivity contribution in [3.63, 3.8) is 0 Å². The van der Waals surface area contributed by atoms with E-state index < -0.39 is 10.0 Å². The maximum absolute atomic E-state index is 13.3. The minimum Gasteiger partial charge on any atom is -0.466 e. The van der Waals surface area contributed by atoms with E-state index in [0.717, 1.165) is 22.6 Å². The van der Waals surface area contributed by atoms with E-state index in [0.29, 0.717) is 50.4 Å². The van der Waals surface area contributed by atoms with Crippen LogP contribution in [0.4, 0.5) is 5.82 Å². The van der Waals surface area contributed by atoms with Crippen molar-refractivity contribution >= 4 is 21.8 Å². The van der Waals surface area contributed by atoms with Gasteiger partial charge in [0.2, 0.25) is 10.0 Å². The highest BCUT2D eigenvalue weighted by Gasteiger charge is 2.34. The fraction of sp³-hybridized carbons (Fsp3) is 0.500. The van der Waals surface area contributed by atoms with Gasteiger partial charge in [0.25, 0.3) is 0 Å². The molecule has 3 heterocycles. The minimum absolute atomic E-state index is 0.0909. The number of benzene rings is 1. The number of sulfonamides is 1. The van der Waals surface area contributed by atoms with Gasteiger partial charge in [-0.05, 0) is 38.3 Å². The Morgan fingerprint density at radius 1 is 1.16 bits per heavy atom. The van der Waals surface area contributed by atoms with Gasteiger partial charge in [-0.15, -0.1) is 0 Å². The van der Waals surface area contributed by atoms with Gasteiger partial charge in [0.05, 0.1) is 23.1 Å². The number of carbonyl (C=O) groups is 1. The Morgan fingerprint density at radius 3 is 2.61 bits per heavy atom. The maximum Gasteiger partial charge on any atom is 0.309 e.